The number of benzene rings is 1. The smallest absolute Gasteiger partial charge is 0.328 e. The molecule has 0 aliphatic heterocycles. The van der Waals surface area contributed by atoms with Crippen molar-refractivity contribution in [3.63, 3.8) is 0 Å². The Kier molecular flexibility index (Phi) is 7.17. The molecule has 8 nitrogen and oxygen atoms in total. The number of nitrogens with zero attached hydrogens (tertiary/aromatic N) is 3. The van der Waals surface area contributed by atoms with Crippen LogP contribution in [-0.4, -0.2) is 45.7 Å². The SMILES string of the molecule is COC(=O)[C@H](CC(C)C)NC(=O)CSc1nnc(-c2ccccc2F)n1N. The summed E-state index contributed by atoms with van der Waals surface area (Å²) >= 11 is 1.03. The molecule has 1 heterocycles. The number of amides is 1. The number of ether oxygens (including phenoxy) is 1. The van der Waals surface area contributed by atoms with E-state index in [-0.39, 0.29) is 34.1 Å². The normalized spacial score (nSPS) is 12.0. The van der Waals surface area contributed by atoms with Crippen LogP contribution in [0.4, 0.5) is 4.39 Å². The second-order valence-electron chi connectivity index (χ2n) is 6.22. The molecule has 1 aromatic carbocycles. The predicted molar refractivity (Wildman–Crippen MR) is 99.7 cm³/mol. The van der Waals surface area contributed by atoms with Crippen LogP contribution in [0.5, 0.6) is 0 Å². The van der Waals surface area contributed by atoms with E-state index in [0.29, 0.717) is 6.42 Å². The summed E-state index contributed by atoms with van der Waals surface area (Å²) in [4.78, 5) is 24.0. The zero-order valence-corrected chi connectivity index (χ0v) is 16.1. The summed E-state index contributed by atoms with van der Waals surface area (Å²) in [6.45, 7) is 3.88. The highest BCUT2D eigenvalue weighted by atomic mass is 32.2. The summed E-state index contributed by atoms with van der Waals surface area (Å²) in [6, 6.07) is 5.34. The summed E-state index contributed by atoms with van der Waals surface area (Å²) in [5, 5.41) is 10.7. The lowest BCUT2D eigenvalue weighted by Crippen LogP contribution is -2.43. The number of carbonyl (C=O) groups excluding carboxylic acids is 2. The average Bonchev–Trinajstić information content (AvgIpc) is 2.99. The number of rotatable bonds is 8. The van der Waals surface area contributed by atoms with Crippen molar-refractivity contribution >= 4 is 23.6 Å². The van der Waals surface area contributed by atoms with Crippen LogP contribution in [0.15, 0.2) is 29.4 Å². The Morgan fingerprint density at radius 3 is 2.67 bits per heavy atom. The molecule has 146 valence electrons. The molecular formula is C17H22FN5O3S. The lowest BCUT2D eigenvalue weighted by Gasteiger charge is -2.18. The van der Waals surface area contributed by atoms with Gasteiger partial charge in [0.25, 0.3) is 0 Å². The third kappa shape index (κ3) is 5.43. The van der Waals surface area contributed by atoms with Crippen molar-refractivity contribution in [2.45, 2.75) is 31.5 Å². The first-order valence-electron chi connectivity index (χ1n) is 8.28. The first-order valence-corrected chi connectivity index (χ1v) is 9.27. The average molecular weight is 395 g/mol. The van der Waals surface area contributed by atoms with E-state index in [2.05, 4.69) is 15.5 Å². The minimum atomic E-state index is -0.715. The number of carbonyl (C=O) groups is 2. The molecular weight excluding hydrogens is 373 g/mol. The minimum absolute atomic E-state index is 0.0296. The van der Waals surface area contributed by atoms with Crippen LogP contribution in [0.2, 0.25) is 0 Å². The van der Waals surface area contributed by atoms with Gasteiger partial charge in [-0.3, -0.25) is 4.79 Å². The van der Waals surface area contributed by atoms with Crippen LogP contribution in [0.1, 0.15) is 20.3 Å². The number of halogens is 1. The number of hydrogen-bond acceptors (Lipinski definition) is 7. The van der Waals surface area contributed by atoms with E-state index in [1.165, 1.54) is 19.2 Å². The molecule has 3 N–H and O–H groups in total. The van der Waals surface area contributed by atoms with Crippen molar-refractivity contribution in [2.24, 2.45) is 5.92 Å². The fourth-order valence-electron chi connectivity index (χ4n) is 2.40. The fraction of sp³-hybridized carbons (Fsp3) is 0.412. The molecule has 1 aromatic heterocycles. The van der Waals surface area contributed by atoms with Gasteiger partial charge in [-0.1, -0.05) is 37.7 Å². The van der Waals surface area contributed by atoms with E-state index >= 15 is 0 Å². The van der Waals surface area contributed by atoms with Crippen molar-refractivity contribution < 1.29 is 18.7 Å². The van der Waals surface area contributed by atoms with E-state index in [0.717, 1.165) is 16.4 Å². The van der Waals surface area contributed by atoms with Gasteiger partial charge in [-0.05, 0) is 24.5 Å². The monoisotopic (exact) mass is 395 g/mol. The molecule has 0 bridgehead atoms. The Hall–Kier alpha value is -2.62. The van der Waals surface area contributed by atoms with Crippen LogP contribution >= 0.6 is 11.8 Å². The van der Waals surface area contributed by atoms with Crippen molar-refractivity contribution in [3.8, 4) is 11.4 Å². The van der Waals surface area contributed by atoms with Gasteiger partial charge >= 0.3 is 5.97 Å². The number of hydrogen-bond donors (Lipinski definition) is 2. The second kappa shape index (κ2) is 9.36. The maximum atomic E-state index is 13.9. The van der Waals surface area contributed by atoms with Crippen LogP contribution < -0.4 is 11.2 Å². The first-order chi connectivity index (χ1) is 12.8. The van der Waals surface area contributed by atoms with E-state index in [9.17, 15) is 14.0 Å². The van der Waals surface area contributed by atoms with Gasteiger partial charge in [-0.25, -0.2) is 13.9 Å². The molecule has 2 rings (SSSR count). The molecule has 0 aliphatic rings. The molecule has 0 spiro atoms. The van der Waals surface area contributed by atoms with Crippen LogP contribution in [-0.2, 0) is 14.3 Å². The van der Waals surface area contributed by atoms with E-state index in [4.69, 9.17) is 10.6 Å². The maximum Gasteiger partial charge on any atom is 0.328 e. The number of methoxy groups -OCH3 is 1. The third-order valence-corrected chi connectivity index (χ3v) is 4.58. The van der Waals surface area contributed by atoms with E-state index in [1.54, 1.807) is 12.1 Å². The van der Waals surface area contributed by atoms with Gasteiger partial charge in [0.15, 0.2) is 5.82 Å². The largest absolute Gasteiger partial charge is 0.467 e. The van der Waals surface area contributed by atoms with Gasteiger partial charge < -0.3 is 15.9 Å². The van der Waals surface area contributed by atoms with Gasteiger partial charge in [0.05, 0.1) is 18.4 Å². The summed E-state index contributed by atoms with van der Waals surface area (Å²) in [6.07, 6.45) is 0.466. The van der Waals surface area contributed by atoms with Crippen molar-refractivity contribution in [1.29, 1.82) is 0 Å². The molecule has 27 heavy (non-hydrogen) atoms. The molecule has 0 fully saturated rings. The summed E-state index contributed by atoms with van der Waals surface area (Å²) in [7, 11) is 1.28. The lowest BCUT2D eigenvalue weighted by atomic mass is 10.0. The van der Waals surface area contributed by atoms with Gasteiger partial charge in [-0.2, -0.15) is 0 Å². The summed E-state index contributed by atoms with van der Waals surface area (Å²) in [5.41, 5.74) is 0.214. The van der Waals surface area contributed by atoms with Gasteiger partial charge in [0, 0.05) is 0 Å². The van der Waals surface area contributed by atoms with E-state index < -0.39 is 17.8 Å². The van der Waals surface area contributed by atoms with Crippen LogP contribution in [0.3, 0.4) is 0 Å². The molecule has 0 unspecified atom stereocenters. The van der Waals surface area contributed by atoms with E-state index in [1.807, 2.05) is 13.8 Å². The zero-order chi connectivity index (χ0) is 20.0. The Bertz CT molecular complexity index is 812. The number of nitrogens with one attached hydrogen (secondary N) is 1. The molecule has 0 radical (unpaired) electrons. The Balaban J connectivity index is 2.01. The highest BCUT2D eigenvalue weighted by Gasteiger charge is 2.23. The summed E-state index contributed by atoms with van der Waals surface area (Å²) < 4.78 is 19.7. The van der Waals surface area contributed by atoms with Crippen molar-refractivity contribution in [3.05, 3.63) is 30.1 Å². The number of esters is 1. The van der Waals surface area contributed by atoms with Crippen molar-refractivity contribution in [1.82, 2.24) is 20.2 Å². The molecule has 2 aromatic rings. The number of thioether (sulfide) groups is 1. The minimum Gasteiger partial charge on any atom is -0.467 e. The molecule has 0 saturated carbocycles. The summed E-state index contributed by atoms with van der Waals surface area (Å²) in [5.74, 6) is 4.92. The van der Waals surface area contributed by atoms with Crippen molar-refractivity contribution in [2.75, 3.05) is 18.7 Å². The second-order valence-corrected chi connectivity index (χ2v) is 7.16. The zero-order valence-electron chi connectivity index (χ0n) is 15.3. The Morgan fingerprint density at radius 2 is 2.04 bits per heavy atom. The maximum absolute atomic E-state index is 13.9. The highest BCUT2D eigenvalue weighted by Crippen LogP contribution is 2.23. The first kappa shape index (κ1) is 20.7. The van der Waals surface area contributed by atoms with Gasteiger partial charge in [0.2, 0.25) is 11.1 Å². The number of aromatic nitrogens is 3. The Labute approximate surface area is 160 Å². The Morgan fingerprint density at radius 1 is 1.33 bits per heavy atom. The quantitative estimate of drug-likeness (QED) is 0.396. The number of nitrogens with two attached hydrogens (primary N) is 1. The standard InChI is InChI=1S/C17H22FN5O3S/c1-10(2)8-13(16(25)26-3)20-14(24)9-27-17-22-21-15(23(17)19)11-6-4-5-7-12(11)18/h4-7,10,13H,8-9,19H2,1-3H3,(H,20,24)/t13-/m0/s1. The predicted octanol–water partition coefficient (Wildman–Crippen LogP) is 1.59. The molecule has 1 atom stereocenters. The molecule has 1 amide bonds. The van der Waals surface area contributed by atoms with Gasteiger partial charge in [0.1, 0.15) is 11.9 Å². The molecule has 0 aliphatic carbocycles. The molecule has 10 heteroatoms. The number of nitrogen functional groups attached to an aromatic ring is 1. The van der Waals surface area contributed by atoms with Crippen LogP contribution in [0, 0.1) is 11.7 Å². The fourth-order valence-corrected chi connectivity index (χ4v) is 3.06. The lowest BCUT2D eigenvalue weighted by molar-refractivity contribution is -0.145. The molecule has 0 saturated heterocycles. The third-order valence-electron chi connectivity index (χ3n) is 3.64. The topological polar surface area (TPSA) is 112 Å². The van der Waals surface area contributed by atoms with Crippen LogP contribution in [0.25, 0.3) is 11.4 Å². The highest BCUT2D eigenvalue weighted by molar-refractivity contribution is 7.99. The van der Waals surface area contributed by atoms with Gasteiger partial charge in [-0.15, -0.1) is 10.2 Å².